The molecule has 1 atom stereocenters. The molecular weight excluding hydrogens is 268 g/mol. The molecule has 0 spiro atoms. The van der Waals surface area contributed by atoms with Gasteiger partial charge in [0.1, 0.15) is 11.4 Å². The third-order valence-electron chi connectivity index (χ3n) is 3.69. The van der Waals surface area contributed by atoms with Crippen LogP contribution in [0.5, 0.6) is 0 Å². The second-order valence-electron chi connectivity index (χ2n) is 5.63. The summed E-state index contributed by atoms with van der Waals surface area (Å²) in [4.78, 5) is 20.2. The van der Waals surface area contributed by atoms with Crippen LogP contribution in [0.3, 0.4) is 0 Å². The van der Waals surface area contributed by atoms with E-state index in [1.165, 1.54) is 0 Å². The second-order valence-corrected chi connectivity index (χ2v) is 5.63. The van der Waals surface area contributed by atoms with Crippen molar-refractivity contribution < 1.29 is 9.90 Å². The van der Waals surface area contributed by atoms with Gasteiger partial charge in [0, 0.05) is 45.3 Å². The molecule has 0 aromatic carbocycles. The summed E-state index contributed by atoms with van der Waals surface area (Å²) in [6, 6.07) is 0. The number of nitrogens with zero attached hydrogens (tertiary/aromatic N) is 4. The minimum Gasteiger partial charge on any atom is -0.382 e. The molecule has 1 N–H and O–H groups in total. The van der Waals surface area contributed by atoms with Crippen LogP contribution in [0, 0.1) is 0 Å². The van der Waals surface area contributed by atoms with Gasteiger partial charge in [-0.25, -0.2) is 9.97 Å². The highest BCUT2D eigenvalue weighted by Gasteiger charge is 2.26. The summed E-state index contributed by atoms with van der Waals surface area (Å²) in [5.41, 5.74) is -0.968. The molecule has 0 aliphatic heterocycles. The van der Waals surface area contributed by atoms with E-state index in [0.29, 0.717) is 24.5 Å². The summed E-state index contributed by atoms with van der Waals surface area (Å²) in [7, 11) is 3.67. The highest BCUT2D eigenvalue weighted by atomic mass is 16.3. The number of imidazole rings is 2. The van der Waals surface area contributed by atoms with Crippen LogP contribution in [0.4, 0.5) is 0 Å². The fourth-order valence-corrected chi connectivity index (χ4v) is 2.50. The van der Waals surface area contributed by atoms with E-state index >= 15 is 0 Å². The summed E-state index contributed by atoms with van der Waals surface area (Å²) >= 11 is 0. The van der Waals surface area contributed by atoms with E-state index in [9.17, 15) is 9.90 Å². The fourth-order valence-electron chi connectivity index (χ4n) is 2.50. The average molecular weight is 290 g/mol. The monoisotopic (exact) mass is 290 g/mol. The topological polar surface area (TPSA) is 72.9 Å². The van der Waals surface area contributed by atoms with E-state index in [-0.39, 0.29) is 5.78 Å². The van der Waals surface area contributed by atoms with Gasteiger partial charge in [0.15, 0.2) is 11.6 Å². The first-order valence-electron chi connectivity index (χ1n) is 7.12. The number of aliphatic hydroxyl groups is 1. The SMILES string of the molecule is Cn1ccnc1C(=O)CCCCC(C)(O)c1nccn1C. The lowest BCUT2D eigenvalue weighted by Gasteiger charge is -2.22. The Balaban J connectivity index is 1.81. The zero-order valence-electron chi connectivity index (χ0n) is 12.8. The standard InChI is InChI=1S/C15H22N4O2/c1-15(21,14-17-9-11-19(14)3)7-5-4-6-12(20)13-16-8-10-18(13)2/h8-11,21H,4-7H2,1-3H3. The van der Waals surface area contributed by atoms with Crippen molar-refractivity contribution in [3.05, 3.63) is 36.4 Å². The first-order chi connectivity index (χ1) is 9.92. The van der Waals surface area contributed by atoms with Crippen LogP contribution in [0.25, 0.3) is 0 Å². The average Bonchev–Trinajstić information content (AvgIpc) is 3.03. The number of aryl methyl sites for hydroxylation is 2. The van der Waals surface area contributed by atoms with E-state index in [2.05, 4.69) is 9.97 Å². The van der Waals surface area contributed by atoms with Gasteiger partial charge in [0.2, 0.25) is 0 Å². The van der Waals surface area contributed by atoms with Gasteiger partial charge in [-0.15, -0.1) is 0 Å². The molecule has 0 amide bonds. The summed E-state index contributed by atoms with van der Waals surface area (Å²) in [5, 5.41) is 10.5. The van der Waals surface area contributed by atoms with E-state index in [1.807, 2.05) is 24.9 Å². The summed E-state index contributed by atoms with van der Waals surface area (Å²) in [6.07, 6.45) is 9.39. The molecule has 0 fully saturated rings. The number of aromatic nitrogens is 4. The number of hydrogen-bond donors (Lipinski definition) is 1. The van der Waals surface area contributed by atoms with E-state index in [1.54, 1.807) is 30.1 Å². The number of ketones is 1. The normalized spacial score (nSPS) is 14.1. The van der Waals surface area contributed by atoms with Crippen molar-refractivity contribution in [2.75, 3.05) is 0 Å². The summed E-state index contributed by atoms with van der Waals surface area (Å²) < 4.78 is 3.55. The molecule has 0 saturated heterocycles. The Kier molecular flexibility index (Phi) is 4.57. The first-order valence-corrected chi connectivity index (χ1v) is 7.12. The number of carbonyl (C=O) groups excluding carboxylic acids is 1. The fraction of sp³-hybridized carbons (Fsp3) is 0.533. The van der Waals surface area contributed by atoms with Gasteiger partial charge in [-0.3, -0.25) is 4.79 Å². The highest BCUT2D eigenvalue weighted by Crippen LogP contribution is 2.25. The van der Waals surface area contributed by atoms with Gasteiger partial charge in [-0.05, 0) is 26.2 Å². The number of rotatable bonds is 7. The molecule has 0 bridgehead atoms. The van der Waals surface area contributed by atoms with Crippen LogP contribution in [0.15, 0.2) is 24.8 Å². The molecule has 6 nitrogen and oxygen atoms in total. The van der Waals surface area contributed by atoms with Gasteiger partial charge in [0.05, 0.1) is 0 Å². The zero-order chi connectivity index (χ0) is 15.5. The van der Waals surface area contributed by atoms with E-state index < -0.39 is 5.60 Å². The zero-order valence-corrected chi connectivity index (χ0v) is 12.8. The molecular formula is C15H22N4O2. The van der Waals surface area contributed by atoms with Gasteiger partial charge in [-0.1, -0.05) is 0 Å². The van der Waals surface area contributed by atoms with Gasteiger partial charge >= 0.3 is 0 Å². The molecule has 2 heterocycles. The van der Waals surface area contributed by atoms with Crippen molar-refractivity contribution in [2.24, 2.45) is 14.1 Å². The first kappa shape index (κ1) is 15.4. The third-order valence-corrected chi connectivity index (χ3v) is 3.69. The Hall–Kier alpha value is -1.95. The van der Waals surface area contributed by atoms with Crippen LogP contribution in [0.2, 0.25) is 0 Å². The van der Waals surface area contributed by atoms with E-state index in [4.69, 9.17) is 0 Å². The summed E-state index contributed by atoms with van der Waals surface area (Å²) in [6.45, 7) is 1.76. The lowest BCUT2D eigenvalue weighted by atomic mass is 9.97. The van der Waals surface area contributed by atoms with Gasteiger partial charge < -0.3 is 14.2 Å². The highest BCUT2D eigenvalue weighted by molar-refractivity contribution is 5.92. The summed E-state index contributed by atoms with van der Waals surface area (Å²) in [5.74, 6) is 1.18. The Morgan fingerprint density at radius 2 is 1.86 bits per heavy atom. The van der Waals surface area contributed by atoms with Crippen LogP contribution >= 0.6 is 0 Å². The molecule has 0 aliphatic carbocycles. The molecule has 2 aromatic rings. The van der Waals surface area contributed by atoms with Crippen LogP contribution in [-0.2, 0) is 19.7 Å². The predicted octanol–water partition coefficient (Wildman–Crippen LogP) is 1.80. The Labute approximate surface area is 124 Å². The van der Waals surface area contributed by atoms with Crippen LogP contribution in [-0.4, -0.2) is 30.0 Å². The van der Waals surface area contributed by atoms with Gasteiger partial charge in [-0.2, -0.15) is 0 Å². The molecule has 2 rings (SSSR count). The molecule has 0 aliphatic rings. The molecule has 114 valence electrons. The number of hydrogen-bond acceptors (Lipinski definition) is 4. The van der Waals surface area contributed by atoms with Crippen molar-refractivity contribution in [1.29, 1.82) is 0 Å². The molecule has 0 radical (unpaired) electrons. The van der Waals surface area contributed by atoms with Crippen LogP contribution in [0.1, 0.15) is 49.1 Å². The Morgan fingerprint density at radius 3 is 2.43 bits per heavy atom. The lowest BCUT2D eigenvalue weighted by molar-refractivity contribution is 0.0329. The maximum atomic E-state index is 12.0. The molecule has 21 heavy (non-hydrogen) atoms. The Bertz CT molecular complexity index is 613. The van der Waals surface area contributed by atoms with Crippen LogP contribution < -0.4 is 0 Å². The predicted molar refractivity (Wildman–Crippen MR) is 78.8 cm³/mol. The van der Waals surface area contributed by atoms with Gasteiger partial charge in [0.25, 0.3) is 0 Å². The molecule has 6 heteroatoms. The molecule has 0 saturated carbocycles. The molecule has 1 unspecified atom stereocenters. The third kappa shape index (κ3) is 3.58. The quantitative estimate of drug-likeness (QED) is 0.623. The maximum Gasteiger partial charge on any atom is 0.198 e. The number of Topliss-reactive ketones (excluding diaryl/α,β-unsaturated/α-hetero) is 1. The van der Waals surface area contributed by atoms with Crippen molar-refractivity contribution in [1.82, 2.24) is 19.1 Å². The second kappa shape index (κ2) is 6.22. The number of unbranched alkanes of at least 4 members (excludes halogenated alkanes) is 1. The minimum absolute atomic E-state index is 0.0409. The number of carbonyl (C=O) groups is 1. The largest absolute Gasteiger partial charge is 0.382 e. The maximum absolute atomic E-state index is 12.0. The lowest BCUT2D eigenvalue weighted by Crippen LogP contribution is -2.25. The van der Waals surface area contributed by atoms with Crippen molar-refractivity contribution in [2.45, 2.75) is 38.2 Å². The van der Waals surface area contributed by atoms with Crippen molar-refractivity contribution in [3.8, 4) is 0 Å². The smallest absolute Gasteiger partial charge is 0.198 e. The minimum atomic E-state index is -0.968. The molecule has 2 aromatic heterocycles. The van der Waals surface area contributed by atoms with Crippen molar-refractivity contribution in [3.63, 3.8) is 0 Å². The Morgan fingerprint density at radius 1 is 1.19 bits per heavy atom. The van der Waals surface area contributed by atoms with E-state index in [0.717, 1.165) is 12.8 Å². The van der Waals surface area contributed by atoms with Crippen molar-refractivity contribution >= 4 is 5.78 Å².